The second-order valence-electron chi connectivity index (χ2n) is 24.0. The zero-order valence-corrected chi connectivity index (χ0v) is 47.3. The topological polar surface area (TPSA) is 44.4 Å². The van der Waals surface area contributed by atoms with E-state index < -0.39 is 0 Å². The first-order valence-corrected chi connectivity index (χ1v) is 26.2. The molecule has 0 spiro atoms. The van der Waals surface area contributed by atoms with Crippen LogP contribution in [0.4, 0.5) is 4.39 Å². The summed E-state index contributed by atoms with van der Waals surface area (Å²) in [5.41, 5.74) is 21.8. The van der Waals surface area contributed by atoms with Crippen molar-refractivity contribution >= 4 is 83.3 Å². The van der Waals surface area contributed by atoms with E-state index in [-0.39, 0.29) is 48.9 Å². The third kappa shape index (κ3) is 7.81. The summed E-state index contributed by atoms with van der Waals surface area (Å²) in [6, 6.07) is 58.2. The number of halogens is 1. The molecule has 2 aliphatic heterocycles. The van der Waals surface area contributed by atoms with E-state index in [4.69, 9.17) is 9.72 Å². The molecule has 1 radical (unpaired) electrons. The molecule has 8 aromatic carbocycles. The SMILES string of the molecule is CC(C)(C)c1ccc2c(c1)B1c3c(cc(-c4cc[c-]c5c4c4ccccc4n4c6ccccc6nc54)cc3-n3c4ccc(C(C)(C)C)cc4c4cc(C(C)(C)C)cc1c43)O2.Cc1cnc(-c2[c-]cc(F)cc2)cc1C.[Ir]. The molecule has 76 heavy (non-hydrogen) atoms. The smallest absolute Gasteiger partial charge is 0.256 e. The third-order valence-corrected chi connectivity index (χ3v) is 15.9. The van der Waals surface area contributed by atoms with E-state index in [2.05, 4.69) is 210 Å². The molecule has 0 bridgehead atoms. The van der Waals surface area contributed by atoms with Gasteiger partial charge in [0.2, 0.25) is 0 Å². The number of nitrogens with zero attached hydrogens (tertiary/aromatic N) is 4. The first kappa shape index (κ1) is 49.5. The molecule has 0 amide bonds. The van der Waals surface area contributed by atoms with Crippen LogP contribution >= 0.6 is 0 Å². The molecule has 12 aromatic rings. The number of rotatable bonds is 2. The van der Waals surface area contributed by atoms with E-state index in [1.54, 1.807) is 6.07 Å². The number of aromatic nitrogens is 4. The van der Waals surface area contributed by atoms with Crippen LogP contribution in [-0.4, -0.2) is 25.6 Å². The number of pyridine rings is 2. The van der Waals surface area contributed by atoms with Crippen LogP contribution in [0.5, 0.6) is 11.5 Å². The monoisotopic (exact) mass is 1170 g/mol. The second kappa shape index (κ2) is 17.6. The molecule has 0 unspecified atom stereocenters. The van der Waals surface area contributed by atoms with Gasteiger partial charge in [-0.3, -0.25) is 9.37 Å². The summed E-state index contributed by atoms with van der Waals surface area (Å²) in [5, 5.41) is 5.94. The number of para-hydroxylation sites is 3. The molecule has 0 saturated carbocycles. The van der Waals surface area contributed by atoms with Gasteiger partial charge >= 0.3 is 0 Å². The van der Waals surface area contributed by atoms with Crippen LogP contribution in [0.2, 0.25) is 0 Å². The van der Waals surface area contributed by atoms with E-state index >= 15 is 0 Å². The fourth-order valence-corrected chi connectivity index (χ4v) is 11.7. The number of imidazole rings is 1. The van der Waals surface area contributed by atoms with Gasteiger partial charge in [-0.2, -0.15) is 0 Å². The van der Waals surface area contributed by atoms with E-state index in [0.717, 1.165) is 72.4 Å². The Morgan fingerprint density at radius 3 is 2.04 bits per heavy atom. The summed E-state index contributed by atoms with van der Waals surface area (Å²) < 4.78 is 24.7. The molecule has 4 aromatic heterocycles. The van der Waals surface area contributed by atoms with Crippen molar-refractivity contribution in [2.45, 2.75) is 92.4 Å². The summed E-state index contributed by atoms with van der Waals surface area (Å²) in [6.07, 6.45) is 1.82. The molecule has 0 N–H and O–H groups in total. The van der Waals surface area contributed by atoms with Crippen LogP contribution in [0.25, 0.3) is 88.2 Å². The molecular weight excluding hydrogens is 1110 g/mol. The van der Waals surface area contributed by atoms with Gasteiger partial charge in [-0.05, 0) is 140 Å². The van der Waals surface area contributed by atoms with Crippen LogP contribution in [0.15, 0.2) is 152 Å². The van der Waals surface area contributed by atoms with E-state index in [1.165, 1.54) is 83.7 Å². The van der Waals surface area contributed by atoms with Crippen LogP contribution in [-0.2, 0) is 36.4 Å². The first-order valence-electron chi connectivity index (χ1n) is 26.2. The normalized spacial score (nSPS) is 13.0. The summed E-state index contributed by atoms with van der Waals surface area (Å²) >= 11 is 0. The summed E-state index contributed by atoms with van der Waals surface area (Å²) in [6.45, 7) is 24.9. The molecule has 0 aliphatic carbocycles. The Hall–Kier alpha value is -7.38. The van der Waals surface area contributed by atoms with Crippen molar-refractivity contribution in [3.05, 3.63) is 198 Å². The molecule has 0 saturated heterocycles. The Morgan fingerprint density at radius 1 is 0.605 bits per heavy atom. The number of ether oxygens (including phenoxy) is 1. The fourth-order valence-electron chi connectivity index (χ4n) is 11.7. The van der Waals surface area contributed by atoms with Crippen molar-refractivity contribution in [1.29, 1.82) is 0 Å². The molecule has 377 valence electrons. The van der Waals surface area contributed by atoms with Crippen LogP contribution < -0.4 is 21.1 Å². The van der Waals surface area contributed by atoms with Crippen molar-refractivity contribution in [1.82, 2.24) is 18.9 Å². The third-order valence-electron chi connectivity index (χ3n) is 15.9. The van der Waals surface area contributed by atoms with Crippen molar-refractivity contribution in [3.63, 3.8) is 0 Å². The fraction of sp³-hybridized carbons (Fsp3) is 0.206. The van der Waals surface area contributed by atoms with Crippen LogP contribution in [0, 0.1) is 31.8 Å². The Morgan fingerprint density at radius 2 is 1.30 bits per heavy atom. The van der Waals surface area contributed by atoms with E-state index in [0.29, 0.717) is 0 Å². The number of hydrogen-bond acceptors (Lipinski definition) is 3. The van der Waals surface area contributed by atoms with Gasteiger partial charge in [0.15, 0.2) is 0 Å². The Labute approximate surface area is 458 Å². The predicted octanol–water partition coefficient (Wildman–Crippen LogP) is 15.5. The van der Waals surface area contributed by atoms with Crippen molar-refractivity contribution in [2.75, 3.05) is 0 Å². The predicted molar refractivity (Wildman–Crippen MR) is 312 cm³/mol. The summed E-state index contributed by atoms with van der Waals surface area (Å²) in [5.74, 6) is 1.57. The van der Waals surface area contributed by atoms with E-state index in [1.807, 2.05) is 26.1 Å². The molecular formula is C68H58BFIrN4O-2. The second-order valence-corrected chi connectivity index (χ2v) is 24.0. The minimum absolute atomic E-state index is 0. The zero-order valence-electron chi connectivity index (χ0n) is 44.9. The van der Waals surface area contributed by atoms with E-state index in [9.17, 15) is 4.39 Å². The maximum absolute atomic E-state index is 12.7. The summed E-state index contributed by atoms with van der Waals surface area (Å²) in [7, 11) is 0. The average molecular weight is 1170 g/mol. The zero-order chi connectivity index (χ0) is 52.0. The summed E-state index contributed by atoms with van der Waals surface area (Å²) in [4.78, 5) is 9.52. The van der Waals surface area contributed by atoms with Gasteiger partial charge in [0.1, 0.15) is 11.5 Å². The van der Waals surface area contributed by atoms with Gasteiger partial charge in [-0.25, -0.2) is 0 Å². The number of benzene rings is 8. The number of hydrogen-bond donors (Lipinski definition) is 0. The van der Waals surface area contributed by atoms with Crippen molar-refractivity contribution < 1.29 is 29.2 Å². The molecule has 0 atom stereocenters. The average Bonchev–Trinajstić information content (AvgIpc) is 4.05. The minimum Gasteiger partial charge on any atom is -0.458 e. The molecule has 0 fully saturated rings. The molecule has 14 rings (SSSR count). The molecule has 8 heteroatoms. The van der Waals surface area contributed by atoms with Gasteiger partial charge in [0.05, 0.1) is 22.2 Å². The molecule has 5 nitrogen and oxygen atoms in total. The first-order chi connectivity index (χ1) is 35.8. The largest absolute Gasteiger partial charge is 0.458 e. The van der Waals surface area contributed by atoms with Gasteiger partial charge in [-0.1, -0.05) is 145 Å². The van der Waals surface area contributed by atoms with Gasteiger partial charge in [-0.15, -0.1) is 48.0 Å². The minimum atomic E-state index is -0.275. The maximum atomic E-state index is 12.7. The van der Waals surface area contributed by atoms with Crippen molar-refractivity contribution in [3.8, 4) is 39.6 Å². The Bertz CT molecular complexity index is 4380. The van der Waals surface area contributed by atoms with Gasteiger partial charge < -0.3 is 18.7 Å². The Balaban J connectivity index is 0.000000315. The van der Waals surface area contributed by atoms with Crippen LogP contribution in [0.3, 0.4) is 0 Å². The standard InChI is InChI=1S/C55H47BN3O.C13H11FN.Ir/c1-53(2,3)32-21-23-44-38(27-32)39-28-34(55(7,8)9)30-41-51(39)58(44)46-25-31(26-48-50(46)56(41)40-29-33(54(4,5)6)22-24-47(40)60-48)35-16-14-17-37-49(35)36-15-10-12-19-43(36)59-45-20-13-11-18-42(45)57-52(37)59;1-9-7-13(15-8-10(9)2)11-3-5-12(14)6-4-11;/h10-16,18-30H,1-9H3;3,5-8H,1-2H3;/q2*-1;. The van der Waals surface area contributed by atoms with Crippen LogP contribution in [0.1, 0.15) is 90.1 Å². The van der Waals surface area contributed by atoms with Crippen molar-refractivity contribution in [2.24, 2.45) is 0 Å². The number of aryl methyl sites for hydroxylation is 2. The quantitative estimate of drug-likeness (QED) is 0.0984. The van der Waals surface area contributed by atoms with Gasteiger partial charge in [0, 0.05) is 59.6 Å². The molecule has 2 aliphatic rings. The molecule has 6 heterocycles. The van der Waals surface area contributed by atoms with Gasteiger partial charge in [0.25, 0.3) is 6.71 Å². The number of fused-ring (bicyclic) bond motifs is 15. The maximum Gasteiger partial charge on any atom is 0.256 e. The Kier molecular flexibility index (Phi) is 11.5.